The lowest BCUT2D eigenvalue weighted by atomic mass is 9.96. The molecule has 0 atom stereocenters. The van der Waals surface area contributed by atoms with E-state index in [9.17, 15) is 13.2 Å². The number of hydrogen-bond donors (Lipinski definition) is 1. The van der Waals surface area contributed by atoms with E-state index >= 15 is 0 Å². The molecule has 1 amide bonds. The van der Waals surface area contributed by atoms with E-state index in [-0.39, 0.29) is 17.9 Å². The van der Waals surface area contributed by atoms with Gasteiger partial charge in [-0.05, 0) is 88.3 Å². The molecule has 0 unspecified atom stereocenters. The molecule has 1 aliphatic carbocycles. The topological polar surface area (TPSA) is 69.7 Å². The summed E-state index contributed by atoms with van der Waals surface area (Å²) in [5, 5.41) is 3.19. The van der Waals surface area contributed by atoms with E-state index in [4.69, 9.17) is 0 Å². The first kappa shape index (κ1) is 19.9. The van der Waals surface area contributed by atoms with Gasteiger partial charge in [0.05, 0.1) is 4.90 Å². The number of sulfonamides is 1. The Hall–Kier alpha value is -1.44. The van der Waals surface area contributed by atoms with E-state index in [1.54, 1.807) is 10.4 Å². The fourth-order valence-electron chi connectivity index (χ4n) is 4.69. The van der Waals surface area contributed by atoms with Gasteiger partial charge in [0.25, 0.3) is 0 Å². The van der Waals surface area contributed by atoms with Gasteiger partial charge in [-0.3, -0.25) is 4.79 Å². The predicted molar refractivity (Wildman–Crippen MR) is 109 cm³/mol. The number of fused-ring (bicyclic) bond motifs is 1. The number of hydrogen-bond acceptors (Lipinski definition) is 4. The van der Waals surface area contributed by atoms with Crippen molar-refractivity contribution in [3.8, 4) is 0 Å². The van der Waals surface area contributed by atoms with Gasteiger partial charge in [-0.25, -0.2) is 8.42 Å². The van der Waals surface area contributed by atoms with Crippen LogP contribution in [0.2, 0.25) is 0 Å². The number of carbonyl (C=O) groups excluding carboxylic acids is 1. The lowest BCUT2D eigenvalue weighted by Gasteiger charge is -2.33. The minimum Gasteiger partial charge on any atom is -0.353 e. The summed E-state index contributed by atoms with van der Waals surface area (Å²) in [7, 11) is -1.36. The Labute approximate surface area is 168 Å². The summed E-state index contributed by atoms with van der Waals surface area (Å²) in [6.07, 6.45) is 6.31. The van der Waals surface area contributed by atoms with Gasteiger partial charge in [0.1, 0.15) is 0 Å². The zero-order valence-electron chi connectivity index (χ0n) is 16.7. The van der Waals surface area contributed by atoms with Crippen molar-refractivity contribution in [2.75, 3.05) is 33.2 Å². The lowest BCUT2D eigenvalue weighted by molar-refractivity contribution is -0.127. The molecule has 4 rings (SSSR count). The third kappa shape index (κ3) is 4.11. The first-order valence-corrected chi connectivity index (χ1v) is 12.0. The summed E-state index contributed by atoms with van der Waals surface area (Å²) in [5.74, 6) is 0.0234. The summed E-state index contributed by atoms with van der Waals surface area (Å²) in [5.41, 5.74) is 2.46. The minimum absolute atomic E-state index is 0.0777. The van der Waals surface area contributed by atoms with Crippen LogP contribution in [-0.2, 0) is 27.7 Å². The van der Waals surface area contributed by atoms with Gasteiger partial charge in [0, 0.05) is 25.0 Å². The number of nitrogens with one attached hydrogen (secondary N) is 1. The summed E-state index contributed by atoms with van der Waals surface area (Å²) in [4.78, 5) is 15.3. The Kier molecular flexibility index (Phi) is 5.76. The van der Waals surface area contributed by atoms with E-state index in [0.717, 1.165) is 45.2 Å². The summed E-state index contributed by atoms with van der Waals surface area (Å²) >= 11 is 0. The lowest BCUT2D eigenvalue weighted by Crippen LogP contribution is -2.48. The van der Waals surface area contributed by atoms with Gasteiger partial charge >= 0.3 is 0 Å². The summed E-state index contributed by atoms with van der Waals surface area (Å²) in [6.45, 7) is 2.88. The molecule has 1 N–H and O–H groups in total. The molecule has 28 heavy (non-hydrogen) atoms. The van der Waals surface area contributed by atoms with Crippen LogP contribution in [0, 0.1) is 5.92 Å². The van der Waals surface area contributed by atoms with E-state index in [1.165, 1.54) is 11.1 Å². The van der Waals surface area contributed by atoms with Crippen LogP contribution >= 0.6 is 0 Å². The molecule has 1 aromatic carbocycles. The Balaban J connectivity index is 1.33. The quantitative estimate of drug-likeness (QED) is 0.829. The fourth-order valence-corrected chi connectivity index (χ4v) is 6.21. The van der Waals surface area contributed by atoms with Gasteiger partial charge < -0.3 is 10.2 Å². The van der Waals surface area contributed by atoms with Crippen LogP contribution in [0.3, 0.4) is 0 Å². The molecule has 0 aromatic heterocycles. The van der Waals surface area contributed by atoms with Gasteiger partial charge in [-0.15, -0.1) is 0 Å². The third-order valence-electron chi connectivity index (χ3n) is 6.60. The van der Waals surface area contributed by atoms with Crippen LogP contribution in [0.5, 0.6) is 0 Å². The molecule has 3 aliphatic rings. The zero-order valence-corrected chi connectivity index (χ0v) is 17.5. The second-order valence-corrected chi connectivity index (χ2v) is 10.5. The molecule has 2 heterocycles. The molecular weight excluding hydrogens is 374 g/mol. The maximum absolute atomic E-state index is 13.0. The van der Waals surface area contributed by atoms with Crippen molar-refractivity contribution in [2.24, 2.45) is 5.92 Å². The van der Waals surface area contributed by atoms with Crippen molar-refractivity contribution in [3.05, 3.63) is 29.3 Å². The van der Waals surface area contributed by atoms with E-state index in [1.807, 2.05) is 12.1 Å². The number of benzene rings is 1. The van der Waals surface area contributed by atoms with Gasteiger partial charge in [-0.2, -0.15) is 4.31 Å². The van der Waals surface area contributed by atoms with Crippen LogP contribution in [0.4, 0.5) is 0 Å². The maximum atomic E-state index is 13.0. The molecule has 0 saturated carbocycles. The smallest absolute Gasteiger partial charge is 0.243 e. The third-order valence-corrected chi connectivity index (χ3v) is 8.49. The highest BCUT2D eigenvalue weighted by molar-refractivity contribution is 7.89. The molecule has 2 fully saturated rings. The Bertz CT molecular complexity index is 823. The van der Waals surface area contributed by atoms with E-state index < -0.39 is 10.0 Å². The number of nitrogens with zero attached hydrogens (tertiary/aromatic N) is 2. The standard InChI is InChI=1S/C21H31N3O3S/c1-23-11-9-19(10-12-23)22-21(25)17-7-13-24(14-8-17)28(26,27)20-6-5-16-3-2-4-18(16)15-20/h5-6,15,17,19H,2-4,7-14H2,1H3,(H,22,25). The van der Waals surface area contributed by atoms with Crippen molar-refractivity contribution >= 4 is 15.9 Å². The summed E-state index contributed by atoms with van der Waals surface area (Å²) in [6, 6.07) is 5.84. The monoisotopic (exact) mass is 405 g/mol. The fraction of sp³-hybridized carbons (Fsp3) is 0.667. The van der Waals surface area contributed by atoms with Crippen molar-refractivity contribution in [1.29, 1.82) is 0 Å². The first-order valence-electron chi connectivity index (χ1n) is 10.5. The Morgan fingerprint density at radius 3 is 2.39 bits per heavy atom. The summed E-state index contributed by atoms with van der Waals surface area (Å²) < 4.78 is 27.6. The van der Waals surface area contributed by atoms with Crippen molar-refractivity contribution in [3.63, 3.8) is 0 Å². The number of rotatable bonds is 4. The highest BCUT2D eigenvalue weighted by atomic mass is 32.2. The van der Waals surface area contributed by atoms with Gasteiger partial charge in [-0.1, -0.05) is 6.07 Å². The van der Waals surface area contributed by atoms with Crippen LogP contribution in [0.15, 0.2) is 23.1 Å². The highest BCUT2D eigenvalue weighted by Gasteiger charge is 2.33. The molecule has 0 bridgehead atoms. The van der Waals surface area contributed by atoms with Crippen molar-refractivity contribution in [2.45, 2.75) is 55.9 Å². The molecule has 0 radical (unpaired) electrons. The van der Waals surface area contributed by atoms with E-state index in [2.05, 4.69) is 17.3 Å². The molecule has 154 valence electrons. The van der Waals surface area contributed by atoms with Crippen LogP contribution in [-0.4, -0.2) is 62.8 Å². The molecule has 1 aromatic rings. The normalized spacial score (nSPS) is 22.9. The minimum atomic E-state index is -3.47. The number of aryl methyl sites for hydroxylation is 2. The maximum Gasteiger partial charge on any atom is 0.243 e. The first-order chi connectivity index (χ1) is 13.4. The van der Waals surface area contributed by atoms with Crippen molar-refractivity contribution in [1.82, 2.24) is 14.5 Å². The average molecular weight is 406 g/mol. The van der Waals surface area contributed by atoms with E-state index in [0.29, 0.717) is 30.8 Å². The van der Waals surface area contributed by atoms with Crippen LogP contribution < -0.4 is 5.32 Å². The van der Waals surface area contributed by atoms with Crippen LogP contribution in [0.1, 0.15) is 43.2 Å². The molecule has 6 nitrogen and oxygen atoms in total. The Morgan fingerprint density at radius 2 is 1.68 bits per heavy atom. The second-order valence-electron chi connectivity index (χ2n) is 8.55. The van der Waals surface area contributed by atoms with Gasteiger partial charge in [0.2, 0.25) is 15.9 Å². The molecule has 0 spiro atoms. The molecule has 2 saturated heterocycles. The predicted octanol–water partition coefficient (Wildman–Crippen LogP) is 1.79. The largest absolute Gasteiger partial charge is 0.353 e. The number of carbonyl (C=O) groups is 1. The zero-order chi connectivity index (χ0) is 19.7. The van der Waals surface area contributed by atoms with Crippen LogP contribution in [0.25, 0.3) is 0 Å². The number of piperidine rings is 2. The molecule has 7 heteroatoms. The number of amides is 1. The second kappa shape index (κ2) is 8.13. The Morgan fingerprint density at radius 1 is 1.00 bits per heavy atom. The molecular formula is C21H31N3O3S. The average Bonchev–Trinajstić information content (AvgIpc) is 3.17. The van der Waals surface area contributed by atoms with Crippen molar-refractivity contribution < 1.29 is 13.2 Å². The number of likely N-dealkylation sites (tertiary alicyclic amines) is 1. The molecule has 2 aliphatic heterocycles. The highest BCUT2D eigenvalue weighted by Crippen LogP contribution is 2.28. The van der Waals surface area contributed by atoms with Gasteiger partial charge in [0.15, 0.2) is 0 Å². The SMILES string of the molecule is CN1CCC(NC(=O)C2CCN(S(=O)(=O)c3ccc4c(c3)CCC4)CC2)CC1.